The van der Waals surface area contributed by atoms with Crippen LogP contribution in [0.5, 0.6) is 0 Å². The normalized spacial score (nSPS) is 11.2. The van der Waals surface area contributed by atoms with Gasteiger partial charge in [0, 0.05) is 39.3 Å². The zero-order valence-electron chi connectivity index (χ0n) is 15.6. The van der Waals surface area contributed by atoms with Gasteiger partial charge in [0.05, 0.1) is 23.0 Å². The molecular formula is C21H20N4O2S. The van der Waals surface area contributed by atoms with Crippen LogP contribution in [0.15, 0.2) is 64.6 Å². The first-order chi connectivity index (χ1) is 13.5. The van der Waals surface area contributed by atoms with Crippen molar-refractivity contribution in [2.75, 3.05) is 5.73 Å². The fourth-order valence-corrected chi connectivity index (χ4v) is 4.41. The van der Waals surface area contributed by atoms with E-state index in [1.54, 1.807) is 30.0 Å². The predicted octanol–water partition coefficient (Wildman–Crippen LogP) is 4.59. The average molecular weight is 392 g/mol. The summed E-state index contributed by atoms with van der Waals surface area (Å²) in [6.07, 6.45) is 3.85. The number of hydrogen-bond acceptors (Lipinski definition) is 4. The smallest absolute Gasteiger partial charge is 0.335 e. The Hall–Kier alpha value is -3.19. The topological polar surface area (TPSA) is 86.1 Å². The minimum Gasteiger partial charge on any atom is -0.478 e. The van der Waals surface area contributed by atoms with E-state index in [-0.39, 0.29) is 5.56 Å². The summed E-state index contributed by atoms with van der Waals surface area (Å²) in [6, 6.07) is 12.9. The molecule has 3 N–H and O–H groups in total. The Bertz CT molecular complexity index is 1190. The molecule has 4 rings (SSSR count). The maximum absolute atomic E-state index is 11.3. The highest BCUT2D eigenvalue weighted by Crippen LogP contribution is 2.40. The second-order valence-corrected chi connectivity index (χ2v) is 7.60. The Labute approximate surface area is 166 Å². The number of carboxylic acids is 1. The van der Waals surface area contributed by atoms with Crippen molar-refractivity contribution in [3.63, 3.8) is 0 Å². The van der Waals surface area contributed by atoms with E-state index >= 15 is 0 Å². The molecule has 2 heterocycles. The fourth-order valence-electron chi connectivity index (χ4n) is 3.32. The number of aromatic nitrogens is 3. The number of aromatic carboxylic acids is 1. The first-order valence-corrected chi connectivity index (χ1v) is 9.74. The van der Waals surface area contributed by atoms with Crippen molar-refractivity contribution in [3.05, 3.63) is 66.1 Å². The molecular weight excluding hydrogens is 372 g/mol. The molecule has 0 unspecified atom stereocenters. The second kappa shape index (κ2) is 7.09. The molecule has 0 aliphatic carbocycles. The Kier molecular flexibility index (Phi) is 4.60. The highest BCUT2D eigenvalue weighted by atomic mass is 32.2. The number of carbonyl (C=O) groups is 1. The molecule has 0 saturated heterocycles. The molecule has 0 bridgehead atoms. The number of rotatable bonds is 5. The summed E-state index contributed by atoms with van der Waals surface area (Å²) in [6.45, 7) is 4.90. The number of benzene rings is 2. The van der Waals surface area contributed by atoms with Crippen molar-refractivity contribution in [2.45, 2.75) is 30.2 Å². The van der Waals surface area contributed by atoms with Crippen LogP contribution in [0.2, 0.25) is 0 Å². The lowest BCUT2D eigenvalue weighted by molar-refractivity contribution is 0.0696. The summed E-state index contributed by atoms with van der Waals surface area (Å²) in [4.78, 5) is 13.3. The van der Waals surface area contributed by atoms with Crippen molar-refractivity contribution >= 4 is 34.3 Å². The van der Waals surface area contributed by atoms with Gasteiger partial charge < -0.3 is 15.4 Å². The monoisotopic (exact) mass is 392 g/mol. The van der Waals surface area contributed by atoms with Crippen LogP contribution in [-0.4, -0.2) is 25.4 Å². The van der Waals surface area contributed by atoms with E-state index < -0.39 is 5.97 Å². The Balaban J connectivity index is 1.88. The summed E-state index contributed by atoms with van der Waals surface area (Å²) >= 11 is 1.56. The molecule has 28 heavy (non-hydrogen) atoms. The number of aryl methyl sites for hydroxylation is 1. The summed E-state index contributed by atoms with van der Waals surface area (Å²) in [7, 11) is 0. The van der Waals surface area contributed by atoms with E-state index in [0.29, 0.717) is 5.69 Å². The average Bonchev–Trinajstić information content (AvgIpc) is 3.25. The number of fused-ring (bicyclic) bond motifs is 1. The molecule has 0 spiro atoms. The lowest BCUT2D eigenvalue weighted by atomic mass is 10.2. The number of anilines is 1. The van der Waals surface area contributed by atoms with Crippen molar-refractivity contribution < 1.29 is 9.90 Å². The Morgan fingerprint density at radius 1 is 1.25 bits per heavy atom. The molecule has 2 aromatic carbocycles. The molecule has 0 fully saturated rings. The molecule has 4 aromatic rings. The van der Waals surface area contributed by atoms with Crippen LogP contribution in [-0.2, 0) is 6.54 Å². The maximum atomic E-state index is 11.3. The van der Waals surface area contributed by atoms with Gasteiger partial charge in [-0.15, -0.1) is 0 Å². The SMILES string of the molecule is CCn1cc(-n2c(C)c(Sc3cccc(C(=O)O)c3)c3ccc(N)cc32)cn1. The van der Waals surface area contributed by atoms with Crippen molar-refractivity contribution in [3.8, 4) is 5.69 Å². The highest BCUT2D eigenvalue weighted by Gasteiger charge is 2.18. The molecule has 0 atom stereocenters. The van der Waals surface area contributed by atoms with E-state index in [1.807, 2.05) is 48.3 Å². The zero-order chi connectivity index (χ0) is 19.8. The van der Waals surface area contributed by atoms with Crippen LogP contribution in [0.1, 0.15) is 23.0 Å². The van der Waals surface area contributed by atoms with Crippen LogP contribution >= 0.6 is 11.8 Å². The molecule has 0 aliphatic heterocycles. The quantitative estimate of drug-likeness (QED) is 0.485. The van der Waals surface area contributed by atoms with E-state index in [0.717, 1.165) is 38.6 Å². The van der Waals surface area contributed by atoms with Gasteiger partial charge in [-0.2, -0.15) is 5.10 Å². The van der Waals surface area contributed by atoms with Gasteiger partial charge in [0.15, 0.2) is 0 Å². The minimum atomic E-state index is -0.929. The molecule has 0 amide bonds. The van der Waals surface area contributed by atoms with E-state index in [2.05, 4.69) is 16.6 Å². The minimum absolute atomic E-state index is 0.278. The highest BCUT2D eigenvalue weighted by molar-refractivity contribution is 7.99. The third kappa shape index (κ3) is 3.14. The van der Waals surface area contributed by atoms with Gasteiger partial charge in [-0.25, -0.2) is 4.79 Å². The van der Waals surface area contributed by atoms with Gasteiger partial charge in [-0.1, -0.05) is 17.8 Å². The predicted molar refractivity (Wildman–Crippen MR) is 111 cm³/mol. The lowest BCUT2D eigenvalue weighted by Crippen LogP contribution is -1.97. The molecule has 7 heteroatoms. The van der Waals surface area contributed by atoms with E-state index in [1.165, 1.54) is 0 Å². The second-order valence-electron chi connectivity index (χ2n) is 6.52. The number of nitrogens with zero attached hydrogens (tertiary/aromatic N) is 3. The number of nitrogen functional groups attached to an aromatic ring is 1. The summed E-state index contributed by atoms with van der Waals surface area (Å²) in [5, 5.41) is 14.7. The van der Waals surface area contributed by atoms with Crippen molar-refractivity contribution in [1.29, 1.82) is 0 Å². The van der Waals surface area contributed by atoms with Crippen LogP contribution < -0.4 is 5.73 Å². The van der Waals surface area contributed by atoms with Gasteiger partial charge in [0.1, 0.15) is 0 Å². The van der Waals surface area contributed by atoms with Crippen molar-refractivity contribution in [1.82, 2.24) is 14.3 Å². The number of nitrogens with two attached hydrogens (primary N) is 1. The summed E-state index contributed by atoms with van der Waals surface area (Å²) < 4.78 is 4.03. The van der Waals surface area contributed by atoms with Gasteiger partial charge in [-0.05, 0) is 50.2 Å². The van der Waals surface area contributed by atoms with E-state index in [9.17, 15) is 9.90 Å². The lowest BCUT2D eigenvalue weighted by Gasteiger charge is -2.06. The fraction of sp³-hybridized carbons (Fsp3) is 0.143. The van der Waals surface area contributed by atoms with Gasteiger partial charge in [-0.3, -0.25) is 4.68 Å². The largest absolute Gasteiger partial charge is 0.478 e. The molecule has 0 saturated carbocycles. The molecule has 0 radical (unpaired) electrons. The molecule has 2 aromatic heterocycles. The summed E-state index contributed by atoms with van der Waals surface area (Å²) in [5.41, 5.74) is 10.1. The molecule has 6 nitrogen and oxygen atoms in total. The van der Waals surface area contributed by atoms with E-state index in [4.69, 9.17) is 5.73 Å². The first kappa shape index (κ1) is 18.2. The first-order valence-electron chi connectivity index (χ1n) is 8.92. The molecule has 142 valence electrons. The molecule has 0 aliphatic rings. The zero-order valence-corrected chi connectivity index (χ0v) is 16.4. The number of hydrogen-bond donors (Lipinski definition) is 2. The van der Waals surface area contributed by atoms with Crippen LogP contribution in [0.25, 0.3) is 16.6 Å². The van der Waals surface area contributed by atoms with Gasteiger partial charge in [0.2, 0.25) is 0 Å². The standard InChI is InChI=1S/C21H20N4O2S/c1-3-24-12-16(11-23-24)25-13(2)20(18-8-7-15(22)10-19(18)25)28-17-6-4-5-14(9-17)21(26)27/h4-12H,3,22H2,1-2H3,(H,26,27). The van der Waals surface area contributed by atoms with Crippen LogP contribution in [0.3, 0.4) is 0 Å². The van der Waals surface area contributed by atoms with Crippen molar-refractivity contribution in [2.24, 2.45) is 0 Å². The third-order valence-corrected chi connectivity index (χ3v) is 5.88. The van der Waals surface area contributed by atoms with Crippen LogP contribution in [0.4, 0.5) is 5.69 Å². The Morgan fingerprint density at radius 2 is 2.07 bits per heavy atom. The van der Waals surface area contributed by atoms with Gasteiger partial charge >= 0.3 is 5.97 Å². The van der Waals surface area contributed by atoms with Crippen LogP contribution in [0, 0.1) is 6.92 Å². The maximum Gasteiger partial charge on any atom is 0.335 e. The van der Waals surface area contributed by atoms with Gasteiger partial charge in [0.25, 0.3) is 0 Å². The Morgan fingerprint density at radius 3 is 2.79 bits per heavy atom. The summed E-state index contributed by atoms with van der Waals surface area (Å²) in [5.74, 6) is -0.929. The number of carboxylic acid groups (broad SMARTS) is 1. The third-order valence-electron chi connectivity index (χ3n) is 4.67.